The Balaban J connectivity index is 1.38. The van der Waals surface area contributed by atoms with Gasteiger partial charge in [-0.15, -0.1) is 0 Å². The van der Waals surface area contributed by atoms with Crippen molar-refractivity contribution in [2.75, 3.05) is 21.3 Å². The lowest BCUT2D eigenvalue weighted by Gasteiger charge is -2.11. The number of nitrogens with zero attached hydrogens (tertiary/aromatic N) is 3. The van der Waals surface area contributed by atoms with Crippen LogP contribution in [-0.4, -0.2) is 44.0 Å². The van der Waals surface area contributed by atoms with E-state index in [-0.39, 0.29) is 24.0 Å². The molecule has 0 saturated carbocycles. The number of nitrogens with two attached hydrogens (primary N) is 4. The Morgan fingerprint density at radius 2 is 0.785 bits per heavy atom. The van der Waals surface area contributed by atoms with Crippen LogP contribution in [0, 0.1) is 16.0 Å². The lowest BCUT2D eigenvalue weighted by Crippen LogP contribution is -2.24. The van der Waals surface area contributed by atoms with Gasteiger partial charge in [-0.3, -0.25) is 16.0 Å². The van der Waals surface area contributed by atoms with Crippen LogP contribution in [0.15, 0.2) is 126 Å². The molecule has 9 rings (SSSR count). The van der Waals surface area contributed by atoms with E-state index >= 15 is 0 Å². The third kappa shape index (κ3) is 8.68. The Hall–Kier alpha value is -9.15. The smallest absolute Gasteiger partial charge is 0.190 e. The molecule has 8 bridgehead atoms. The number of rotatable bonds is 9. The largest absolute Gasteiger partial charge is 0.789 e. The molecule has 7 aromatic rings. The Kier molecular flexibility index (Phi) is 11.0. The highest BCUT2D eigenvalue weighted by Gasteiger charge is 2.19. The molecule has 1 unspecified atom stereocenters. The topological polar surface area (TPSA) is 293 Å². The molecular weight excluding hydrogens is 815 g/mol. The molecule has 16 N–H and O–H groups in total. The first-order valence-electron chi connectivity index (χ1n) is 20.5. The maximum Gasteiger partial charge on any atom is 0.190 e. The van der Waals surface area contributed by atoms with Gasteiger partial charge in [0.15, 0.2) is 17.9 Å². The van der Waals surface area contributed by atoms with Gasteiger partial charge in [0.1, 0.15) is 0 Å². The summed E-state index contributed by atoms with van der Waals surface area (Å²) < 4.78 is 0. The van der Waals surface area contributed by atoms with Crippen LogP contribution in [0.25, 0.3) is 90.9 Å². The molecule has 0 amide bonds. The molecular formula is C49H44N15O-. The fraction of sp³-hybridized carbons (Fsp3) is 0.0408. The first-order chi connectivity index (χ1) is 31.5. The zero-order chi connectivity index (χ0) is 45.2. The van der Waals surface area contributed by atoms with E-state index in [4.69, 9.17) is 43.7 Å². The molecule has 1 atom stereocenters. The lowest BCUT2D eigenvalue weighted by molar-refractivity contribution is 0.852. The molecule has 3 aromatic heterocycles. The van der Waals surface area contributed by atoms with Crippen molar-refractivity contribution in [3.05, 3.63) is 149 Å². The van der Waals surface area contributed by atoms with Gasteiger partial charge in [0.05, 0.1) is 28.9 Å². The molecule has 0 radical (unpaired) electrons. The van der Waals surface area contributed by atoms with Crippen molar-refractivity contribution >= 4 is 87.0 Å². The zero-order valence-electron chi connectivity index (χ0n) is 35.0. The van der Waals surface area contributed by atoms with Crippen LogP contribution >= 0.6 is 0 Å². The summed E-state index contributed by atoms with van der Waals surface area (Å²) in [6.07, 6.45) is 7.82. The summed E-state index contributed by atoms with van der Waals surface area (Å²) in [6, 6.07) is 39.2. The molecule has 0 spiro atoms. The van der Waals surface area contributed by atoms with Gasteiger partial charge in [-0.25, -0.2) is 9.97 Å². The fourth-order valence-corrected chi connectivity index (χ4v) is 8.06. The van der Waals surface area contributed by atoms with Gasteiger partial charge in [0, 0.05) is 67.1 Å². The van der Waals surface area contributed by atoms with E-state index in [1.54, 1.807) is 0 Å². The first kappa shape index (κ1) is 41.2. The second-order valence-electron chi connectivity index (χ2n) is 15.4. The Labute approximate surface area is 372 Å². The molecule has 0 fully saturated rings. The number of anilines is 4. The molecule has 0 aliphatic carbocycles. The quantitative estimate of drug-likeness (QED) is 0.0282. The molecule has 5 heterocycles. The second-order valence-corrected chi connectivity index (χ2v) is 15.4. The van der Waals surface area contributed by atoms with E-state index in [1.165, 1.54) is 0 Å². The van der Waals surface area contributed by atoms with Gasteiger partial charge in [-0.2, -0.15) is 0 Å². The highest BCUT2D eigenvalue weighted by atomic mass is 16.4. The second kappa shape index (κ2) is 17.3. The van der Waals surface area contributed by atoms with Crippen LogP contribution in [0.4, 0.5) is 22.7 Å². The van der Waals surface area contributed by atoms with E-state index in [1.807, 2.05) is 153 Å². The summed E-state index contributed by atoms with van der Waals surface area (Å²) in [5.41, 5.74) is 38.9. The highest BCUT2D eigenvalue weighted by Crippen LogP contribution is 2.39. The van der Waals surface area contributed by atoms with Crippen LogP contribution in [0.1, 0.15) is 29.7 Å². The molecule has 0 saturated heterocycles. The number of nitrogens with one attached hydrogen (secondary N) is 8. The molecule has 2 aliphatic heterocycles. The van der Waals surface area contributed by atoms with Crippen molar-refractivity contribution in [3.63, 3.8) is 0 Å². The minimum atomic E-state index is -0.245. The van der Waals surface area contributed by atoms with Crippen molar-refractivity contribution in [1.82, 2.24) is 19.9 Å². The van der Waals surface area contributed by atoms with Crippen LogP contribution in [0.3, 0.4) is 0 Å². The van der Waals surface area contributed by atoms with Gasteiger partial charge in [0.25, 0.3) is 0 Å². The lowest BCUT2D eigenvalue weighted by atomic mass is 10.0. The standard InChI is InChI=1S/C49H45N15O/c1-26(50)56-31-10-2-27(3-11-31)43-35-18-20-37(60-35)44(28-4-12-32(13-5-28)57-47(51)52)38-21-22-39(62-38)45(29-6-14-33(15-7-29)58-48(53)54)40-23-25-42(63-40)46(41-24-19-36(43)61-41)30-8-16-34(17-9-30)59-49(55)64-65/h2-26,56,61-62,65H,50H2,1H3,(H4,51,52,57)(H4,53,54,58)(H3,55,59,64)/p-1. The van der Waals surface area contributed by atoms with Crippen LogP contribution in [0.2, 0.25) is 0 Å². The van der Waals surface area contributed by atoms with E-state index in [2.05, 4.69) is 36.4 Å². The Morgan fingerprint density at radius 1 is 0.492 bits per heavy atom. The van der Waals surface area contributed by atoms with Crippen molar-refractivity contribution in [1.29, 1.82) is 10.8 Å². The normalized spacial score (nSPS) is 12.4. The van der Waals surface area contributed by atoms with Gasteiger partial charge in [-0.1, -0.05) is 48.5 Å². The van der Waals surface area contributed by atoms with Crippen molar-refractivity contribution in [3.8, 4) is 44.5 Å². The van der Waals surface area contributed by atoms with Crippen LogP contribution < -0.4 is 44.2 Å². The van der Waals surface area contributed by atoms with Gasteiger partial charge < -0.3 is 59.4 Å². The van der Waals surface area contributed by atoms with Crippen molar-refractivity contribution in [2.45, 2.75) is 13.1 Å². The van der Waals surface area contributed by atoms with Gasteiger partial charge in [-0.05, 0) is 126 Å². The Morgan fingerprint density at radius 3 is 1.06 bits per heavy atom. The summed E-state index contributed by atoms with van der Waals surface area (Å²) in [4.78, 5) is 18.2. The third-order valence-electron chi connectivity index (χ3n) is 10.8. The van der Waals surface area contributed by atoms with Crippen molar-refractivity contribution < 1.29 is 0 Å². The summed E-state index contributed by atoms with van der Waals surface area (Å²) in [6.45, 7) is 1.89. The molecule has 2 aliphatic rings. The average Bonchev–Trinajstić information content (AvgIpc) is 4.14. The number of guanidine groups is 3. The number of aromatic amines is 2. The van der Waals surface area contributed by atoms with Gasteiger partial charge >= 0.3 is 0 Å². The molecule has 322 valence electrons. The predicted molar refractivity (Wildman–Crippen MR) is 268 cm³/mol. The van der Waals surface area contributed by atoms with Crippen LogP contribution in [-0.2, 0) is 0 Å². The monoisotopic (exact) mass is 858 g/mol. The number of aromatic nitrogens is 4. The van der Waals surface area contributed by atoms with E-state index < -0.39 is 0 Å². The molecule has 4 aromatic carbocycles. The SMILES string of the molecule is CC(N)Nc1ccc(-c2c3nc(c(-c4ccc(NC(=N)N)cc4)c4ccc([nH]4)c(-c4ccc(NC(=N)N)cc4)c4nc(c(-c5ccc(NC(N)=N[O-])cc5)c5ccc2[nH]5)C=C4)C=C3)cc1. The maximum atomic E-state index is 11.1. The molecule has 16 nitrogen and oxygen atoms in total. The minimum Gasteiger partial charge on any atom is -0.789 e. The summed E-state index contributed by atoms with van der Waals surface area (Å²) in [5, 5.41) is 41.2. The number of H-pyrrole nitrogens is 2. The first-order valence-corrected chi connectivity index (χ1v) is 20.5. The minimum absolute atomic E-state index is 0.158. The van der Waals surface area contributed by atoms with Gasteiger partial charge in [0.2, 0.25) is 0 Å². The van der Waals surface area contributed by atoms with Crippen LogP contribution in [0.5, 0.6) is 0 Å². The summed E-state index contributed by atoms with van der Waals surface area (Å²) >= 11 is 0. The molecule has 16 heteroatoms. The number of hydrogen-bond acceptors (Lipinski definition) is 8. The van der Waals surface area contributed by atoms with E-state index in [0.717, 1.165) is 83.6 Å². The van der Waals surface area contributed by atoms with Crippen molar-refractivity contribution in [2.24, 2.45) is 28.1 Å². The maximum absolute atomic E-state index is 11.1. The number of benzene rings is 4. The zero-order valence-corrected chi connectivity index (χ0v) is 35.0. The predicted octanol–water partition coefficient (Wildman–Crippen LogP) is 8.88. The molecule has 65 heavy (non-hydrogen) atoms. The average molecular weight is 859 g/mol. The fourth-order valence-electron chi connectivity index (χ4n) is 8.06. The van der Waals surface area contributed by atoms with E-state index in [9.17, 15) is 5.21 Å². The Bertz CT molecular complexity index is 3230. The summed E-state index contributed by atoms with van der Waals surface area (Å²) in [7, 11) is 0. The number of hydrogen-bond donors (Lipinski definition) is 12. The number of fused-ring (bicyclic) bond motifs is 8. The third-order valence-corrected chi connectivity index (χ3v) is 10.8. The van der Waals surface area contributed by atoms with E-state index in [0.29, 0.717) is 28.5 Å². The highest BCUT2D eigenvalue weighted by molar-refractivity contribution is 6.01. The summed E-state index contributed by atoms with van der Waals surface area (Å²) in [5.74, 6) is -0.568.